The van der Waals surface area contributed by atoms with Gasteiger partial charge < -0.3 is 10.1 Å². The second kappa shape index (κ2) is 9.07. The Morgan fingerprint density at radius 1 is 1.13 bits per heavy atom. The highest BCUT2D eigenvalue weighted by atomic mass is 35.5. The molecular weight excluding hydrogens is 418 g/mol. The number of amides is 1. The number of thiazole rings is 1. The second-order valence-electron chi connectivity index (χ2n) is 6.61. The number of nitrogens with zero attached hydrogens (tertiary/aromatic N) is 2. The van der Waals surface area contributed by atoms with Gasteiger partial charge in [0, 0.05) is 39.6 Å². The molecule has 0 saturated heterocycles. The van der Waals surface area contributed by atoms with Gasteiger partial charge in [-0.15, -0.1) is 11.3 Å². The molecule has 0 bridgehead atoms. The number of anilines is 1. The number of halogens is 1. The van der Waals surface area contributed by atoms with Gasteiger partial charge in [-0.25, -0.2) is 4.98 Å². The van der Waals surface area contributed by atoms with E-state index in [9.17, 15) is 4.79 Å². The van der Waals surface area contributed by atoms with E-state index in [1.54, 1.807) is 41.9 Å². The fourth-order valence-corrected chi connectivity index (χ4v) is 3.77. The predicted octanol–water partition coefficient (Wildman–Crippen LogP) is 5.85. The third-order valence-corrected chi connectivity index (χ3v) is 5.67. The molecule has 0 saturated carbocycles. The van der Waals surface area contributed by atoms with E-state index in [-0.39, 0.29) is 12.5 Å². The number of hydrogen-bond acceptors (Lipinski definition) is 5. The maximum atomic E-state index is 12.3. The predicted molar refractivity (Wildman–Crippen MR) is 121 cm³/mol. The van der Waals surface area contributed by atoms with Crippen molar-refractivity contribution in [3.63, 3.8) is 0 Å². The molecular formula is C23H18ClN3O2S. The first-order chi connectivity index (χ1) is 14.6. The topological polar surface area (TPSA) is 64.1 Å². The van der Waals surface area contributed by atoms with Crippen LogP contribution >= 0.6 is 22.9 Å². The first-order valence-electron chi connectivity index (χ1n) is 9.23. The zero-order valence-electron chi connectivity index (χ0n) is 16.1. The molecule has 150 valence electrons. The third-order valence-electron chi connectivity index (χ3n) is 4.35. The van der Waals surface area contributed by atoms with E-state index in [0.29, 0.717) is 16.5 Å². The molecule has 1 N–H and O–H groups in total. The lowest BCUT2D eigenvalue weighted by atomic mass is 10.1. The summed E-state index contributed by atoms with van der Waals surface area (Å²) < 4.78 is 5.56. The van der Waals surface area contributed by atoms with E-state index in [2.05, 4.69) is 10.3 Å². The Morgan fingerprint density at radius 2 is 2.00 bits per heavy atom. The van der Waals surface area contributed by atoms with E-state index in [1.807, 2.05) is 48.7 Å². The van der Waals surface area contributed by atoms with Crippen LogP contribution in [-0.4, -0.2) is 22.5 Å². The van der Waals surface area contributed by atoms with Gasteiger partial charge in [0.1, 0.15) is 10.8 Å². The van der Waals surface area contributed by atoms with Crippen LogP contribution < -0.4 is 10.1 Å². The van der Waals surface area contributed by atoms with Gasteiger partial charge >= 0.3 is 0 Å². The highest BCUT2D eigenvalue weighted by Gasteiger charge is 2.09. The Hall–Kier alpha value is -3.22. The minimum Gasteiger partial charge on any atom is -0.484 e. The quantitative estimate of drug-likeness (QED) is 0.412. The van der Waals surface area contributed by atoms with Crippen LogP contribution in [0.25, 0.3) is 21.8 Å². The Labute approximate surface area is 183 Å². The molecule has 4 aromatic rings. The van der Waals surface area contributed by atoms with Crippen LogP contribution in [0.4, 0.5) is 5.69 Å². The van der Waals surface area contributed by atoms with Crippen LogP contribution in [0.5, 0.6) is 5.75 Å². The molecule has 0 aliphatic carbocycles. The van der Waals surface area contributed by atoms with Crippen LogP contribution in [0.2, 0.25) is 5.02 Å². The molecule has 2 heterocycles. The number of carbonyl (C=O) groups excluding carboxylic acids is 1. The Kier molecular flexibility index (Phi) is 6.07. The Balaban J connectivity index is 1.41. The van der Waals surface area contributed by atoms with Crippen molar-refractivity contribution in [3.05, 3.63) is 83.0 Å². The average molecular weight is 436 g/mol. The van der Waals surface area contributed by atoms with E-state index in [1.165, 1.54) is 0 Å². The van der Waals surface area contributed by atoms with Crippen molar-refractivity contribution in [1.29, 1.82) is 0 Å². The normalized spacial score (nSPS) is 10.6. The third kappa shape index (κ3) is 4.84. The lowest BCUT2D eigenvalue weighted by molar-refractivity contribution is -0.118. The molecule has 0 unspecified atom stereocenters. The van der Waals surface area contributed by atoms with Gasteiger partial charge in [-0.1, -0.05) is 23.7 Å². The number of hydrogen-bond donors (Lipinski definition) is 1. The van der Waals surface area contributed by atoms with Crippen LogP contribution in [0.3, 0.4) is 0 Å². The van der Waals surface area contributed by atoms with Crippen molar-refractivity contribution >= 4 is 34.5 Å². The summed E-state index contributed by atoms with van der Waals surface area (Å²) in [6.07, 6.45) is 3.53. The first kappa shape index (κ1) is 20.1. The number of benzene rings is 2. The van der Waals surface area contributed by atoms with E-state index in [4.69, 9.17) is 21.3 Å². The summed E-state index contributed by atoms with van der Waals surface area (Å²) in [5.74, 6) is 0.361. The molecule has 7 heteroatoms. The van der Waals surface area contributed by atoms with Gasteiger partial charge in [0.2, 0.25) is 0 Å². The standard InChI is InChI=1S/C23H18ClN3O2S/c1-15-10-19(7-8-20(15)24)29-13-22(28)26-18-6-2-4-16(11-18)21-14-30-23(27-21)17-5-3-9-25-12-17/h2-12,14H,13H2,1H3,(H,26,28). The van der Waals surface area contributed by atoms with E-state index >= 15 is 0 Å². The summed E-state index contributed by atoms with van der Waals surface area (Å²) in [6.45, 7) is 1.80. The van der Waals surface area contributed by atoms with Crippen molar-refractivity contribution < 1.29 is 9.53 Å². The fraction of sp³-hybridized carbons (Fsp3) is 0.0870. The van der Waals surface area contributed by atoms with Gasteiger partial charge in [-0.3, -0.25) is 9.78 Å². The summed E-state index contributed by atoms with van der Waals surface area (Å²) in [5.41, 5.74) is 4.34. The summed E-state index contributed by atoms with van der Waals surface area (Å²) in [6, 6.07) is 16.7. The molecule has 0 fully saturated rings. The first-order valence-corrected chi connectivity index (χ1v) is 10.5. The lowest BCUT2D eigenvalue weighted by Gasteiger charge is -2.09. The summed E-state index contributed by atoms with van der Waals surface area (Å²) in [5, 5.41) is 6.42. The zero-order chi connectivity index (χ0) is 20.9. The van der Waals surface area contributed by atoms with Crippen molar-refractivity contribution in [2.45, 2.75) is 6.92 Å². The van der Waals surface area contributed by atoms with Gasteiger partial charge in [-0.2, -0.15) is 0 Å². The van der Waals surface area contributed by atoms with E-state index < -0.39 is 0 Å². The number of aryl methyl sites for hydroxylation is 1. The maximum absolute atomic E-state index is 12.3. The van der Waals surface area contributed by atoms with Crippen molar-refractivity contribution in [2.24, 2.45) is 0 Å². The van der Waals surface area contributed by atoms with Crippen LogP contribution in [0.1, 0.15) is 5.56 Å². The van der Waals surface area contributed by atoms with Gasteiger partial charge in [0.25, 0.3) is 5.91 Å². The Bertz CT molecular complexity index is 1180. The summed E-state index contributed by atoms with van der Waals surface area (Å²) >= 11 is 7.57. The van der Waals surface area contributed by atoms with Crippen molar-refractivity contribution in [1.82, 2.24) is 9.97 Å². The zero-order valence-corrected chi connectivity index (χ0v) is 17.7. The highest BCUT2D eigenvalue weighted by Crippen LogP contribution is 2.29. The second-order valence-corrected chi connectivity index (χ2v) is 7.87. The minimum absolute atomic E-state index is 0.0901. The summed E-state index contributed by atoms with van der Waals surface area (Å²) in [4.78, 5) is 21.1. The lowest BCUT2D eigenvalue weighted by Crippen LogP contribution is -2.20. The monoisotopic (exact) mass is 435 g/mol. The largest absolute Gasteiger partial charge is 0.484 e. The molecule has 0 aliphatic heterocycles. The number of carbonyl (C=O) groups is 1. The fourth-order valence-electron chi connectivity index (χ4n) is 2.84. The van der Waals surface area contributed by atoms with Crippen molar-refractivity contribution in [3.8, 4) is 27.6 Å². The SMILES string of the molecule is Cc1cc(OCC(=O)Nc2cccc(-c3csc(-c4cccnc4)n3)c2)ccc1Cl. The smallest absolute Gasteiger partial charge is 0.262 e. The number of nitrogens with one attached hydrogen (secondary N) is 1. The molecule has 30 heavy (non-hydrogen) atoms. The molecule has 0 radical (unpaired) electrons. The molecule has 2 aromatic carbocycles. The number of ether oxygens (including phenoxy) is 1. The number of rotatable bonds is 6. The van der Waals surface area contributed by atoms with E-state index in [0.717, 1.165) is 27.4 Å². The molecule has 2 aromatic heterocycles. The average Bonchev–Trinajstić information content (AvgIpc) is 3.26. The van der Waals surface area contributed by atoms with Gasteiger partial charge in [0.05, 0.1) is 5.69 Å². The van der Waals surface area contributed by atoms with Crippen LogP contribution in [0.15, 0.2) is 72.4 Å². The molecule has 0 aliphatic rings. The number of aromatic nitrogens is 2. The minimum atomic E-state index is -0.242. The van der Waals surface area contributed by atoms with Crippen LogP contribution in [0, 0.1) is 6.92 Å². The van der Waals surface area contributed by atoms with Gasteiger partial charge in [-0.05, 0) is 55.0 Å². The maximum Gasteiger partial charge on any atom is 0.262 e. The molecule has 4 rings (SSSR count). The van der Waals surface area contributed by atoms with Crippen molar-refractivity contribution in [2.75, 3.05) is 11.9 Å². The molecule has 5 nitrogen and oxygen atoms in total. The number of pyridine rings is 1. The van der Waals surface area contributed by atoms with Crippen LogP contribution in [-0.2, 0) is 4.79 Å². The highest BCUT2D eigenvalue weighted by molar-refractivity contribution is 7.13. The Morgan fingerprint density at radius 3 is 2.80 bits per heavy atom. The molecule has 0 spiro atoms. The molecule has 0 atom stereocenters. The molecule has 1 amide bonds. The van der Waals surface area contributed by atoms with Gasteiger partial charge in [0.15, 0.2) is 6.61 Å². The summed E-state index contributed by atoms with van der Waals surface area (Å²) in [7, 11) is 0.